The minimum Gasteiger partial charge on any atom is -0.332 e. The number of rotatable bonds is 6. The monoisotopic (exact) mass is 359 g/mol. The van der Waals surface area contributed by atoms with E-state index >= 15 is 0 Å². The summed E-state index contributed by atoms with van der Waals surface area (Å²) in [5.74, 6) is -0.912. The van der Waals surface area contributed by atoms with Gasteiger partial charge in [-0.15, -0.1) is 0 Å². The Hall–Kier alpha value is -2.31. The molecule has 0 aliphatic rings. The van der Waals surface area contributed by atoms with Crippen molar-refractivity contribution in [1.29, 1.82) is 0 Å². The predicted octanol–water partition coefficient (Wildman–Crippen LogP) is 3.79. The van der Waals surface area contributed by atoms with Crippen LogP contribution in [0.2, 0.25) is 0 Å². The second kappa shape index (κ2) is 9.25. The molecule has 6 heteroatoms. The lowest BCUT2D eigenvalue weighted by molar-refractivity contribution is 0.0977. The first kappa shape index (κ1) is 19.0. The number of benzene rings is 2. The molecular formula is C19H22FN3OS. The average molecular weight is 359 g/mol. The van der Waals surface area contributed by atoms with Crippen LogP contribution in [0.25, 0.3) is 0 Å². The quantitative estimate of drug-likeness (QED) is 0.770. The SMILES string of the molecule is CCN(CC)Cc1ccc(NC(=S)NC(=O)c2cccc(F)c2)cc1. The van der Waals surface area contributed by atoms with Crippen LogP contribution in [0.1, 0.15) is 29.8 Å². The van der Waals surface area contributed by atoms with Gasteiger partial charge in [0.1, 0.15) is 5.82 Å². The topological polar surface area (TPSA) is 44.4 Å². The van der Waals surface area contributed by atoms with Gasteiger partial charge in [0.05, 0.1) is 0 Å². The van der Waals surface area contributed by atoms with Gasteiger partial charge in [0.15, 0.2) is 5.11 Å². The molecule has 0 aliphatic heterocycles. The summed E-state index contributed by atoms with van der Waals surface area (Å²) in [6.07, 6.45) is 0. The van der Waals surface area contributed by atoms with Crippen LogP contribution in [-0.2, 0) is 6.54 Å². The molecular weight excluding hydrogens is 337 g/mol. The van der Waals surface area contributed by atoms with E-state index in [1.54, 1.807) is 0 Å². The zero-order valence-corrected chi connectivity index (χ0v) is 15.2. The van der Waals surface area contributed by atoms with Crippen molar-refractivity contribution < 1.29 is 9.18 Å². The first-order chi connectivity index (χ1) is 12.0. The Kier molecular flexibility index (Phi) is 7.03. The van der Waals surface area contributed by atoms with E-state index in [9.17, 15) is 9.18 Å². The van der Waals surface area contributed by atoms with E-state index in [1.807, 2.05) is 24.3 Å². The smallest absolute Gasteiger partial charge is 0.257 e. The fraction of sp³-hybridized carbons (Fsp3) is 0.263. The molecule has 4 nitrogen and oxygen atoms in total. The fourth-order valence-electron chi connectivity index (χ4n) is 2.37. The van der Waals surface area contributed by atoms with Crippen LogP contribution in [0.5, 0.6) is 0 Å². The summed E-state index contributed by atoms with van der Waals surface area (Å²) in [6, 6.07) is 13.3. The first-order valence-electron chi connectivity index (χ1n) is 8.21. The second-order valence-electron chi connectivity index (χ2n) is 5.58. The van der Waals surface area contributed by atoms with Gasteiger partial charge in [-0.05, 0) is 61.2 Å². The van der Waals surface area contributed by atoms with Crippen LogP contribution in [0.15, 0.2) is 48.5 Å². The van der Waals surface area contributed by atoms with Crippen molar-refractivity contribution in [1.82, 2.24) is 10.2 Å². The zero-order valence-electron chi connectivity index (χ0n) is 14.4. The molecule has 2 aromatic rings. The van der Waals surface area contributed by atoms with Crippen LogP contribution in [-0.4, -0.2) is 29.0 Å². The van der Waals surface area contributed by atoms with Crippen LogP contribution in [0.4, 0.5) is 10.1 Å². The molecule has 2 aromatic carbocycles. The van der Waals surface area contributed by atoms with E-state index < -0.39 is 11.7 Å². The van der Waals surface area contributed by atoms with Crippen LogP contribution in [0, 0.1) is 5.82 Å². The molecule has 0 bridgehead atoms. The number of carbonyl (C=O) groups excluding carboxylic acids is 1. The van der Waals surface area contributed by atoms with Crippen molar-refractivity contribution in [3.8, 4) is 0 Å². The number of hydrogen-bond acceptors (Lipinski definition) is 3. The highest BCUT2D eigenvalue weighted by Crippen LogP contribution is 2.12. The Bertz CT molecular complexity index is 730. The van der Waals surface area contributed by atoms with E-state index in [4.69, 9.17) is 12.2 Å². The summed E-state index contributed by atoms with van der Waals surface area (Å²) in [5.41, 5.74) is 2.22. The third-order valence-electron chi connectivity index (χ3n) is 3.83. The summed E-state index contributed by atoms with van der Waals surface area (Å²) in [6.45, 7) is 7.19. The maximum atomic E-state index is 13.2. The molecule has 2 rings (SSSR count). The molecule has 0 heterocycles. The zero-order chi connectivity index (χ0) is 18.2. The molecule has 0 atom stereocenters. The van der Waals surface area contributed by atoms with Gasteiger partial charge in [0, 0.05) is 17.8 Å². The fourth-order valence-corrected chi connectivity index (χ4v) is 2.58. The largest absolute Gasteiger partial charge is 0.332 e. The number of amides is 1. The lowest BCUT2D eigenvalue weighted by Crippen LogP contribution is -2.34. The second-order valence-corrected chi connectivity index (χ2v) is 5.99. The number of thiocarbonyl (C=S) groups is 1. The molecule has 1 amide bonds. The van der Waals surface area contributed by atoms with Crippen molar-refractivity contribution in [3.05, 3.63) is 65.5 Å². The van der Waals surface area contributed by atoms with E-state index in [0.717, 1.165) is 25.3 Å². The maximum absolute atomic E-state index is 13.2. The minimum atomic E-state index is -0.463. The third kappa shape index (κ3) is 5.92. The Morgan fingerprint density at radius 2 is 1.80 bits per heavy atom. The van der Waals surface area contributed by atoms with E-state index in [-0.39, 0.29) is 10.7 Å². The summed E-state index contributed by atoms with van der Waals surface area (Å²) >= 11 is 5.14. The molecule has 0 aromatic heterocycles. The van der Waals surface area contributed by atoms with Gasteiger partial charge in [-0.25, -0.2) is 4.39 Å². The van der Waals surface area contributed by atoms with E-state index in [1.165, 1.54) is 29.8 Å². The van der Waals surface area contributed by atoms with Crippen LogP contribution < -0.4 is 10.6 Å². The summed E-state index contributed by atoms with van der Waals surface area (Å²) in [4.78, 5) is 14.4. The van der Waals surface area contributed by atoms with E-state index in [2.05, 4.69) is 29.4 Å². The molecule has 0 unspecified atom stereocenters. The Morgan fingerprint density at radius 3 is 2.40 bits per heavy atom. The molecule has 0 fully saturated rings. The number of hydrogen-bond donors (Lipinski definition) is 2. The molecule has 0 aliphatic carbocycles. The minimum absolute atomic E-state index is 0.172. The lowest BCUT2D eigenvalue weighted by atomic mass is 10.2. The van der Waals surface area contributed by atoms with Gasteiger partial charge < -0.3 is 5.32 Å². The van der Waals surface area contributed by atoms with Crippen molar-refractivity contribution in [2.75, 3.05) is 18.4 Å². The molecule has 132 valence electrons. The van der Waals surface area contributed by atoms with Gasteiger partial charge >= 0.3 is 0 Å². The maximum Gasteiger partial charge on any atom is 0.257 e. The standard InChI is InChI=1S/C19H22FN3OS/c1-3-23(4-2)13-14-8-10-17(11-9-14)21-19(25)22-18(24)15-6-5-7-16(20)12-15/h5-12H,3-4,13H2,1-2H3,(H2,21,22,24,25). The Morgan fingerprint density at radius 1 is 1.12 bits per heavy atom. The number of carbonyl (C=O) groups is 1. The van der Waals surface area contributed by atoms with Crippen molar-refractivity contribution >= 4 is 28.9 Å². The average Bonchev–Trinajstić information content (AvgIpc) is 2.61. The van der Waals surface area contributed by atoms with Crippen molar-refractivity contribution in [2.45, 2.75) is 20.4 Å². The number of anilines is 1. The van der Waals surface area contributed by atoms with Gasteiger partial charge in [0.2, 0.25) is 0 Å². The molecule has 0 saturated heterocycles. The highest BCUT2D eigenvalue weighted by Gasteiger charge is 2.09. The van der Waals surface area contributed by atoms with Crippen molar-refractivity contribution in [2.24, 2.45) is 0 Å². The lowest BCUT2D eigenvalue weighted by Gasteiger charge is -2.18. The van der Waals surface area contributed by atoms with E-state index in [0.29, 0.717) is 0 Å². The summed E-state index contributed by atoms with van der Waals surface area (Å²) in [5, 5.41) is 5.67. The Balaban J connectivity index is 1.91. The van der Waals surface area contributed by atoms with Crippen molar-refractivity contribution in [3.63, 3.8) is 0 Å². The summed E-state index contributed by atoms with van der Waals surface area (Å²) in [7, 11) is 0. The number of halogens is 1. The third-order valence-corrected chi connectivity index (χ3v) is 4.03. The first-order valence-corrected chi connectivity index (χ1v) is 8.61. The van der Waals surface area contributed by atoms with Gasteiger partial charge in [0.25, 0.3) is 5.91 Å². The molecule has 2 N–H and O–H groups in total. The molecule has 0 spiro atoms. The van der Waals surface area contributed by atoms with Gasteiger partial charge in [-0.2, -0.15) is 0 Å². The number of nitrogens with one attached hydrogen (secondary N) is 2. The highest BCUT2D eigenvalue weighted by molar-refractivity contribution is 7.80. The summed E-state index contributed by atoms with van der Waals surface area (Å²) < 4.78 is 13.2. The van der Waals surface area contributed by atoms with Gasteiger partial charge in [-0.3, -0.25) is 15.0 Å². The van der Waals surface area contributed by atoms with Gasteiger partial charge in [-0.1, -0.05) is 32.0 Å². The molecule has 0 radical (unpaired) electrons. The predicted molar refractivity (Wildman–Crippen MR) is 103 cm³/mol. The molecule has 0 saturated carbocycles. The normalized spacial score (nSPS) is 10.6. The molecule has 25 heavy (non-hydrogen) atoms. The number of nitrogens with zero attached hydrogens (tertiary/aromatic N) is 1. The van der Waals surface area contributed by atoms with Crippen LogP contribution in [0.3, 0.4) is 0 Å². The highest BCUT2D eigenvalue weighted by atomic mass is 32.1. The van der Waals surface area contributed by atoms with Crippen LogP contribution >= 0.6 is 12.2 Å². The Labute approximate surface area is 153 Å².